The largest absolute Gasteiger partial charge is 0.471 e. The smallest absolute Gasteiger partial charge is 0.322 e. The number of hydrogen-bond acceptors (Lipinski definition) is 3. The van der Waals surface area contributed by atoms with Gasteiger partial charge < -0.3 is 5.32 Å². The van der Waals surface area contributed by atoms with Gasteiger partial charge in [0.25, 0.3) is 9.05 Å². The SMILES string of the molecule is O=C(NC1=CC=C(S(=O)(=O)Cl)CC1)C(F)(F)F. The maximum absolute atomic E-state index is 11.9. The zero-order valence-corrected chi connectivity index (χ0v) is 9.79. The van der Waals surface area contributed by atoms with Crippen LogP contribution in [0.3, 0.4) is 0 Å². The molecule has 1 aliphatic carbocycles. The molecule has 0 bridgehead atoms. The fraction of sp³-hybridized carbons (Fsp3) is 0.375. The molecular formula is C8H7ClF3NO3S. The number of allylic oxidation sites excluding steroid dienone is 4. The number of rotatable bonds is 2. The number of alkyl halides is 3. The van der Waals surface area contributed by atoms with E-state index in [0.29, 0.717) is 0 Å². The highest BCUT2D eigenvalue weighted by molar-refractivity contribution is 8.16. The van der Waals surface area contributed by atoms with Crippen LogP contribution in [0, 0.1) is 0 Å². The molecule has 0 fully saturated rings. The molecule has 0 unspecified atom stereocenters. The van der Waals surface area contributed by atoms with Crippen molar-refractivity contribution in [2.75, 3.05) is 0 Å². The molecule has 1 aliphatic rings. The van der Waals surface area contributed by atoms with E-state index in [2.05, 4.69) is 0 Å². The first kappa shape index (κ1) is 14.0. The minimum atomic E-state index is -4.97. The molecule has 96 valence electrons. The first-order valence-electron chi connectivity index (χ1n) is 4.33. The number of carbonyl (C=O) groups excluding carboxylic acids is 1. The molecule has 0 aromatic carbocycles. The second-order valence-electron chi connectivity index (χ2n) is 3.21. The van der Waals surface area contributed by atoms with Gasteiger partial charge in [-0.1, -0.05) is 0 Å². The number of halogens is 4. The van der Waals surface area contributed by atoms with Gasteiger partial charge in [-0.3, -0.25) is 4.79 Å². The monoisotopic (exact) mass is 289 g/mol. The third kappa shape index (κ3) is 4.04. The van der Waals surface area contributed by atoms with Crippen LogP contribution < -0.4 is 5.32 Å². The second kappa shape index (κ2) is 4.69. The number of hydrogen-bond donors (Lipinski definition) is 1. The van der Waals surface area contributed by atoms with Gasteiger partial charge in [0, 0.05) is 16.4 Å². The van der Waals surface area contributed by atoms with Crippen LogP contribution in [0.5, 0.6) is 0 Å². The Morgan fingerprint density at radius 1 is 1.29 bits per heavy atom. The first-order chi connectivity index (χ1) is 7.60. The molecule has 0 radical (unpaired) electrons. The van der Waals surface area contributed by atoms with Gasteiger partial charge >= 0.3 is 12.1 Å². The molecule has 1 rings (SSSR count). The average Bonchev–Trinajstić information content (AvgIpc) is 2.15. The second-order valence-corrected chi connectivity index (χ2v) is 5.83. The standard InChI is InChI=1S/C8H7ClF3NO3S/c9-17(15,16)6-3-1-5(2-4-6)13-7(14)8(10,11)12/h1,3H,2,4H2,(H,13,14). The highest BCUT2D eigenvalue weighted by atomic mass is 35.7. The van der Waals surface area contributed by atoms with Gasteiger partial charge in [-0.2, -0.15) is 13.2 Å². The number of amides is 1. The number of nitrogens with one attached hydrogen (secondary N) is 1. The quantitative estimate of drug-likeness (QED) is 0.788. The molecule has 1 N–H and O–H groups in total. The zero-order chi connectivity index (χ0) is 13.3. The molecule has 0 atom stereocenters. The number of carbonyl (C=O) groups is 1. The van der Waals surface area contributed by atoms with Crippen LogP contribution in [-0.2, 0) is 13.8 Å². The van der Waals surface area contributed by atoms with Crippen LogP contribution in [-0.4, -0.2) is 20.5 Å². The Morgan fingerprint density at radius 2 is 1.88 bits per heavy atom. The predicted molar refractivity (Wildman–Crippen MR) is 54.4 cm³/mol. The van der Waals surface area contributed by atoms with E-state index in [1.807, 2.05) is 0 Å². The lowest BCUT2D eigenvalue weighted by molar-refractivity contribution is -0.172. The van der Waals surface area contributed by atoms with Crippen molar-refractivity contribution in [2.24, 2.45) is 0 Å². The van der Waals surface area contributed by atoms with E-state index >= 15 is 0 Å². The molecule has 0 aromatic heterocycles. The van der Waals surface area contributed by atoms with Gasteiger partial charge in [-0.05, 0) is 25.0 Å². The average molecular weight is 290 g/mol. The molecule has 0 saturated carbocycles. The summed E-state index contributed by atoms with van der Waals surface area (Å²) >= 11 is 0. The minimum Gasteiger partial charge on any atom is -0.322 e. The molecule has 9 heteroatoms. The van der Waals surface area contributed by atoms with Crippen LogP contribution in [0.15, 0.2) is 22.8 Å². The Balaban J connectivity index is 2.76. The summed E-state index contributed by atoms with van der Waals surface area (Å²) in [6.45, 7) is 0. The van der Waals surface area contributed by atoms with E-state index in [-0.39, 0.29) is 23.4 Å². The minimum absolute atomic E-state index is 0.00334. The fourth-order valence-corrected chi connectivity index (χ4v) is 2.10. The van der Waals surface area contributed by atoms with Crippen molar-refractivity contribution in [3.05, 3.63) is 22.8 Å². The summed E-state index contributed by atoms with van der Waals surface area (Å²) in [6, 6.07) is 0. The third-order valence-corrected chi connectivity index (χ3v) is 3.52. The summed E-state index contributed by atoms with van der Waals surface area (Å²) in [6.07, 6.45) is -2.89. The zero-order valence-electron chi connectivity index (χ0n) is 8.21. The molecular weight excluding hydrogens is 283 g/mol. The fourth-order valence-electron chi connectivity index (χ4n) is 1.14. The molecule has 17 heavy (non-hydrogen) atoms. The van der Waals surface area contributed by atoms with Crippen LogP contribution in [0.2, 0.25) is 0 Å². The topological polar surface area (TPSA) is 63.2 Å². The van der Waals surface area contributed by atoms with Crippen LogP contribution >= 0.6 is 10.7 Å². The molecule has 4 nitrogen and oxygen atoms in total. The van der Waals surface area contributed by atoms with Gasteiger partial charge in [-0.25, -0.2) is 8.42 Å². The van der Waals surface area contributed by atoms with Crippen molar-refractivity contribution >= 4 is 25.6 Å². The molecule has 0 aromatic rings. The summed E-state index contributed by atoms with van der Waals surface area (Å²) in [5, 5.41) is 1.65. The lowest BCUT2D eigenvalue weighted by Crippen LogP contribution is -2.36. The summed E-state index contributed by atoms with van der Waals surface area (Å²) in [4.78, 5) is 10.5. The predicted octanol–water partition coefficient (Wildman–Crippen LogP) is 1.80. The van der Waals surface area contributed by atoms with Crippen molar-refractivity contribution in [2.45, 2.75) is 19.0 Å². The molecule has 0 spiro atoms. The van der Waals surface area contributed by atoms with E-state index in [1.54, 1.807) is 5.32 Å². The molecule has 1 amide bonds. The summed E-state index contributed by atoms with van der Waals surface area (Å²) in [5.41, 5.74) is -0.00334. The van der Waals surface area contributed by atoms with Crippen molar-refractivity contribution in [3.8, 4) is 0 Å². The van der Waals surface area contributed by atoms with Crippen molar-refractivity contribution in [1.29, 1.82) is 0 Å². The van der Waals surface area contributed by atoms with E-state index < -0.39 is 21.1 Å². The molecule has 0 aliphatic heterocycles. The highest BCUT2D eigenvalue weighted by Gasteiger charge is 2.39. The lowest BCUT2D eigenvalue weighted by Gasteiger charge is -2.14. The van der Waals surface area contributed by atoms with Gasteiger partial charge in [-0.15, -0.1) is 0 Å². The third-order valence-electron chi connectivity index (χ3n) is 1.96. The van der Waals surface area contributed by atoms with Gasteiger partial charge in [0.2, 0.25) is 0 Å². The van der Waals surface area contributed by atoms with Crippen LogP contribution in [0.1, 0.15) is 12.8 Å². The Kier molecular flexibility index (Phi) is 3.88. The van der Waals surface area contributed by atoms with Gasteiger partial charge in [0.1, 0.15) is 0 Å². The summed E-state index contributed by atoms with van der Waals surface area (Å²) in [7, 11) is 1.19. The van der Waals surface area contributed by atoms with Gasteiger partial charge in [0.05, 0.1) is 4.91 Å². The van der Waals surface area contributed by atoms with E-state index in [0.717, 1.165) is 12.2 Å². The van der Waals surface area contributed by atoms with Crippen molar-refractivity contribution in [1.82, 2.24) is 5.32 Å². The van der Waals surface area contributed by atoms with E-state index in [4.69, 9.17) is 10.7 Å². The van der Waals surface area contributed by atoms with Gasteiger partial charge in [0.15, 0.2) is 0 Å². The van der Waals surface area contributed by atoms with Crippen LogP contribution in [0.25, 0.3) is 0 Å². The Labute approximate surface area is 99.5 Å². The Morgan fingerprint density at radius 3 is 2.24 bits per heavy atom. The van der Waals surface area contributed by atoms with E-state index in [9.17, 15) is 26.4 Å². The first-order valence-corrected chi connectivity index (χ1v) is 6.64. The Bertz CT molecular complexity index is 493. The molecule has 0 heterocycles. The lowest BCUT2D eigenvalue weighted by atomic mass is 10.1. The van der Waals surface area contributed by atoms with Crippen molar-refractivity contribution in [3.63, 3.8) is 0 Å². The molecule has 0 saturated heterocycles. The van der Waals surface area contributed by atoms with E-state index in [1.165, 1.54) is 0 Å². The van der Waals surface area contributed by atoms with Crippen molar-refractivity contribution < 1.29 is 26.4 Å². The maximum atomic E-state index is 11.9. The normalized spacial score (nSPS) is 17.2. The maximum Gasteiger partial charge on any atom is 0.471 e. The Hall–Kier alpha value is -1.02. The highest BCUT2D eigenvalue weighted by Crippen LogP contribution is 2.24. The summed E-state index contributed by atoms with van der Waals surface area (Å²) < 4.78 is 57.4. The van der Waals surface area contributed by atoms with Crippen LogP contribution in [0.4, 0.5) is 13.2 Å². The summed E-state index contributed by atoms with van der Waals surface area (Å²) in [5.74, 6) is -2.09.